The van der Waals surface area contributed by atoms with Gasteiger partial charge in [-0.15, -0.1) is 0 Å². The van der Waals surface area contributed by atoms with Crippen LogP contribution in [0.25, 0.3) is 0 Å². The third-order valence-corrected chi connectivity index (χ3v) is 4.40. The Hall–Kier alpha value is -0.770. The van der Waals surface area contributed by atoms with Gasteiger partial charge in [-0.3, -0.25) is 4.79 Å². The van der Waals surface area contributed by atoms with Crippen LogP contribution in [0.4, 0.5) is 0 Å². The van der Waals surface area contributed by atoms with Gasteiger partial charge in [0.25, 0.3) is 0 Å². The molecular weight excluding hydrogens is 356 g/mol. The Morgan fingerprint density at radius 3 is 2.19 bits per heavy atom. The van der Waals surface area contributed by atoms with Crippen molar-refractivity contribution in [2.45, 2.75) is 97.5 Å². The molecule has 8 nitrogen and oxygen atoms in total. The average molecular weight is 390 g/mol. The van der Waals surface area contributed by atoms with E-state index in [1.54, 1.807) is 27.7 Å². The van der Waals surface area contributed by atoms with Crippen molar-refractivity contribution in [3.8, 4) is 0 Å². The predicted molar refractivity (Wildman–Crippen MR) is 95.6 cm³/mol. The summed E-state index contributed by atoms with van der Waals surface area (Å²) in [6.45, 7) is 14.6. The first kappa shape index (κ1) is 22.5. The van der Waals surface area contributed by atoms with Crippen LogP contribution in [0.3, 0.4) is 0 Å². The molecule has 0 radical (unpaired) electrons. The number of hydrogen-bond donors (Lipinski definition) is 0. The van der Waals surface area contributed by atoms with Crippen LogP contribution in [0.1, 0.15) is 55.4 Å². The van der Waals surface area contributed by atoms with Crippen molar-refractivity contribution < 1.29 is 38.3 Å². The summed E-state index contributed by atoms with van der Waals surface area (Å²) in [5.74, 6) is -2.46. The highest BCUT2D eigenvalue weighted by Gasteiger charge is 2.62. The Morgan fingerprint density at radius 2 is 1.67 bits per heavy atom. The first-order chi connectivity index (χ1) is 12.3. The summed E-state index contributed by atoms with van der Waals surface area (Å²) in [7, 11) is 1.42. The SMILES string of the molecule is COOC[C@H]1O[C@@](C)(OC(C)C)[C@H](OC(=O)C(C)(C)C)[C@H]2OC(C)(C)O[C@H]21. The topological polar surface area (TPSA) is 81.7 Å². The molecule has 2 aliphatic heterocycles. The Kier molecular flexibility index (Phi) is 6.61. The molecule has 0 aromatic rings. The minimum atomic E-state index is -1.23. The Labute approximate surface area is 161 Å². The maximum atomic E-state index is 12.6. The highest BCUT2D eigenvalue weighted by atomic mass is 17.2. The van der Waals surface area contributed by atoms with Gasteiger partial charge in [0.15, 0.2) is 11.9 Å². The normalized spacial score (nSPS) is 35.9. The third kappa shape index (κ3) is 5.19. The monoisotopic (exact) mass is 390 g/mol. The molecule has 158 valence electrons. The van der Waals surface area contributed by atoms with E-state index in [-0.39, 0.29) is 18.7 Å². The fourth-order valence-electron chi connectivity index (χ4n) is 3.36. The second-order valence-electron chi connectivity index (χ2n) is 8.93. The van der Waals surface area contributed by atoms with E-state index in [1.165, 1.54) is 7.11 Å². The summed E-state index contributed by atoms with van der Waals surface area (Å²) in [6.07, 6.45) is -2.57. The number of rotatable bonds is 6. The van der Waals surface area contributed by atoms with Crippen LogP contribution in [-0.2, 0) is 38.3 Å². The van der Waals surface area contributed by atoms with E-state index in [1.807, 2.05) is 27.7 Å². The fraction of sp³-hybridized carbons (Fsp3) is 0.947. The molecule has 0 unspecified atom stereocenters. The van der Waals surface area contributed by atoms with Crippen LogP contribution in [0, 0.1) is 5.41 Å². The minimum Gasteiger partial charge on any atom is -0.453 e. The quantitative estimate of drug-likeness (QED) is 0.389. The van der Waals surface area contributed by atoms with Crippen molar-refractivity contribution in [2.75, 3.05) is 13.7 Å². The molecule has 0 aliphatic carbocycles. The van der Waals surface area contributed by atoms with Gasteiger partial charge in [-0.05, 0) is 55.4 Å². The summed E-state index contributed by atoms with van der Waals surface area (Å²) < 4.78 is 30.3. The van der Waals surface area contributed by atoms with Gasteiger partial charge in [-0.25, -0.2) is 9.78 Å². The predicted octanol–water partition coefficient (Wildman–Crippen LogP) is 2.58. The molecule has 2 aliphatic rings. The highest BCUT2D eigenvalue weighted by Crippen LogP contribution is 2.44. The summed E-state index contributed by atoms with van der Waals surface area (Å²) >= 11 is 0. The van der Waals surface area contributed by atoms with E-state index in [4.69, 9.17) is 33.5 Å². The lowest BCUT2D eigenvalue weighted by molar-refractivity contribution is -0.373. The van der Waals surface area contributed by atoms with E-state index in [9.17, 15) is 4.79 Å². The van der Waals surface area contributed by atoms with Gasteiger partial charge >= 0.3 is 5.97 Å². The van der Waals surface area contributed by atoms with Gasteiger partial charge in [-0.1, -0.05) is 0 Å². The highest BCUT2D eigenvalue weighted by molar-refractivity contribution is 5.75. The zero-order valence-electron chi connectivity index (χ0n) is 17.9. The summed E-state index contributed by atoms with van der Waals surface area (Å²) in [5.41, 5.74) is -0.681. The van der Waals surface area contributed by atoms with Crippen LogP contribution in [0.15, 0.2) is 0 Å². The van der Waals surface area contributed by atoms with Gasteiger partial charge in [0, 0.05) is 0 Å². The maximum absolute atomic E-state index is 12.6. The molecular formula is C19H34O8. The first-order valence-electron chi connectivity index (χ1n) is 9.37. The Bertz CT molecular complexity index is 526. The molecule has 0 amide bonds. The number of ether oxygens (including phenoxy) is 5. The van der Waals surface area contributed by atoms with Gasteiger partial charge < -0.3 is 23.7 Å². The molecule has 0 aromatic carbocycles. The molecule has 0 bridgehead atoms. The summed E-state index contributed by atoms with van der Waals surface area (Å²) in [6, 6.07) is 0. The van der Waals surface area contributed by atoms with Crippen molar-refractivity contribution in [1.82, 2.24) is 0 Å². The third-order valence-electron chi connectivity index (χ3n) is 4.40. The summed E-state index contributed by atoms with van der Waals surface area (Å²) in [4.78, 5) is 22.5. The van der Waals surface area contributed by atoms with Gasteiger partial charge in [-0.2, -0.15) is 0 Å². The lowest BCUT2D eigenvalue weighted by Crippen LogP contribution is -2.66. The molecule has 0 N–H and O–H groups in total. The molecule has 5 atom stereocenters. The zero-order chi connectivity index (χ0) is 20.6. The number of esters is 1. The Morgan fingerprint density at radius 1 is 1.07 bits per heavy atom. The maximum Gasteiger partial charge on any atom is 0.311 e. The van der Waals surface area contributed by atoms with Crippen molar-refractivity contribution in [1.29, 1.82) is 0 Å². The molecule has 2 saturated heterocycles. The number of carbonyl (C=O) groups is 1. The van der Waals surface area contributed by atoms with Crippen LogP contribution in [-0.4, -0.2) is 61.8 Å². The van der Waals surface area contributed by atoms with E-state index in [2.05, 4.69) is 0 Å². The van der Waals surface area contributed by atoms with Crippen molar-refractivity contribution in [2.24, 2.45) is 5.41 Å². The molecule has 0 aromatic heterocycles. The first-order valence-corrected chi connectivity index (χ1v) is 9.37. The van der Waals surface area contributed by atoms with Crippen LogP contribution >= 0.6 is 0 Å². The average Bonchev–Trinajstić information content (AvgIpc) is 2.81. The van der Waals surface area contributed by atoms with E-state index < -0.39 is 41.4 Å². The van der Waals surface area contributed by atoms with Crippen LogP contribution in [0.5, 0.6) is 0 Å². The molecule has 8 heteroatoms. The number of hydrogen-bond acceptors (Lipinski definition) is 8. The van der Waals surface area contributed by atoms with Crippen molar-refractivity contribution in [3.63, 3.8) is 0 Å². The second kappa shape index (κ2) is 7.93. The lowest BCUT2D eigenvalue weighted by Gasteiger charge is -2.48. The van der Waals surface area contributed by atoms with Gasteiger partial charge in [0.2, 0.25) is 5.79 Å². The number of fused-ring (bicyclic) bond motifs is 1. The van der Waals surface area contributed by atoms with Gasteiger partial charge in [0.05, 0.1) is 18.6 Å². The minimum absolute atomic E-state index is 0.119. The standard InChI is InChI=1S/C19H34O8/c1-11(2)24-19(8)15(23-16(20)17(3,4)5)14-13(26-18(6,7)27-14)12(25-19)10-22-21-9/h11-15H,10H2,1-9H3/t12-,13+,14+,15-,19-/m1/s1. The van der Waals surface area contributed by atoms with Crippen molar-refractivity contribution in [3.05, 3.63) is 0 Å². The molecule has 2 fully saturated rings. The van der Waals surface area contributed by atoms with Crippen LogP contribution < -0.4 is 0 Å². The molecule has 27 heavy (non-hydrogen) atoms. The van der Waals surface area contributed by atoms with E-state index in [0.717, 1.165) is 0 Å². The lowest BCUT2D eigenvalue weighted by atomic mass is 9.92. The largest absolute Gasteiger partial charge is 0.453 e. The second-order valence-corrected chi connectivity index (χ2v) is 8.93. The van der Waals surface area contributed by atoms with Crippen molar-refractivity contribution >= 4 is 5.97 Å². The van der Waals surface area contributed by atoms with Crippen LogP contribution in [0.2, 0.25) is 0 Å². The molecule has 0 saturated carbocycles. The van der Waals surface area contributed by atoms with E-state index in [0.29, 0.717) is 0 Å². The molecule has 0 spiro atoms. The smallest absolute Gasteiger partial charge is 0.311 e. The number of carbonyl (C=O) groups excluding carboxylic acids is 1. The Balaban J connectivity index is 2.38. The molecule has 2 heterocycles. The zero-order valence-corrected chi connectivity index (χ0v) is 17.9. The van der Waals surface area contributed by atoms with Gasteiger partial charge in [0.1, 0.15) is 24.9 Å². The summed E-state index contributed by atoms with van der Waals surface area (Å²) in [5, 5.41) is 0. The van der Waals surface area contributed by atoms with E-state index >= 15 is 0 Å². The molecule has 2 rings (SSSR count). The fourth-order valence-corrected chi connectivity index (χ4v) is 3.36.